The summed E-state index contributed by atoms with van der Waals surface area (Å²) in [4.78, 5) is 12.6. The number of esters is 1. The fourth-order valence-electron chi connectivity index (χ4n) is 2.95. The van der Waals surface area contributed by atoms with Gasteiger partial charge in [-0.2, -0.15) is 0 Å². The van der Waals surface area contributed by atoms with Gasteiger partial charge in [-0.1, -0.05) is 12.8 Å². The summed E-state index contributed by atoms with van der Waals surface area (Å²) in [5, 5.41) is 0. The molecule has 0 spiro atoms. The minimum atomic E-state index is -3.71. The first-order valence-corrected chi connectivity index (χ1v) is 10.00. The minimum Gasteiger partial charge on any atom is -0.497 e. The maximum absolute atomic E-state index is 12.6. The number of ether oxygens (including phenoxy) is 2. The maximum Gasteiger partial charge on any atom is 0.311 e. The lowest BCUT2D eigenvalue weighted by Gasteiger charge is -2.32. The van der Waals surface area contributed by atoms with Crippen molar-refractivity contribution in [3.05, 3.63) is 24.3 Å². The molecule has 6 nitrogen and oxygen atoms in total. The van der Waals surface area contributed by atoms with Gasteiger partial charge in [-0.3, -0.25) is 4.79 Å². The largest absolute Gasteiger partial charge is 0.497 e. The second-order valence-electron chi connectivity index (χ2n) is 7.33. The van der Waals surface area contributed by atoms with Gasteiger partial charge >= 0.3 is 5.97 Å². The van der Waals surface area contributed by atoms with E-state index in [4.69, 9.17) is 9.47 Å². The number of rotatable bonds is 5. The Hall–Kier alpha value is -1.60. The molecule has 140 valence electrons. The van der Waals surface area contributed by atoms with Gasteiger partial charge in [0.15, 0.2) is 0 Å². The van der Waals surface area contributed by atoms with E-state index in [-0.39, 0.29) is 10.9 Å². The van der Waals surface area contributed by atoms with E-state index in [9.17, 15) is 13.2 Å². The van der Waals surface area contributed by atoms with E-state index >= 15 is 0 Å². The van der Waals surface area contributed by atoms with Crippen molar-refractivity contribution >= 4 is 16.0 Å². The molecule has 2 atom stereocenters. The van der Waals surface area contributed by atoms with Crippen LogP contribution in [0.2, 0.25) is 0 Å². The van der Waals surface area contributed by atoms with Crippen molar-refractivity contribution < 1.29 is 22.7 Å². The van der Waals surface area contributed by atoms with Crippen molar-refractivity contribution in [1.29, 1.82) is 0 Å². The van der Waals surface area contributed by atoms with E-state index in [1.165, 1.54) is 19.2 Å². The van der Waals surface area contributed by atoms with E-state index < -0.39 is 27.6 Å². The Morgan fingerprint density at radius 3 is 2.28 bits per heavy atom. The average molecular weight is 369 g/mol. The molecular weight excluding hydrogens is 342 g/mol. The summed E-state index contributed by atoms with van der Waals surface area (Å²) in [6.45, 7) is 5.43. The number of hydrogen-bond acceptors (Lipinski definition) is 5. The van der Waals surface area contributed by atoms with E-state index in [1.54, 1.807) is 12.1 Å². The Morgan fingerprint density at radius 2 is 1.72 bits per heavy atom. The van der Waals surface area contributed by atoms with Gasteiger partial charge in [0, 0.05) is 6.04 Å². The third-order valence-electron chi connectivity index (χ3n) is 4.15. The van der Waals surface area contributed by atoms with Crippen molar-refractivity contribution in [2.75, 3.05) is 7.11 Å². The molecule has 1 saturated carbocycles. The van der Waals surface area contributed by atoms with Gasteiger partial charge in [0.2, 0.25) is 10.0 Å². The highest BCUT2D eigenvalue weighted by Gasteiger charge is 2.36. The first-order chi connectivity index (χ1) is 11.6. The smallest absolute Gasteiger partial charge is 0.311 e. The van der Waals surface area contributed by atoms with Crippen molar-refractivity contribution in [1.82, 2.24) is 4.72 Å². The normalized spacial score (nSPS) is 21.6. The van der Waals surface area contributed by atoms with Crippen LogP contribution in [0.25, 0.3) is 0 Å². The number of sulfonamides is 1. The van der Waals surface area contributed by atoms with Crippen LogP contribution in [0.3, 0.4) is 0 Å². The van der Waals surface area contributed by atoms with Crippen LogP contribution in [0.1, 0.15) is 46.5 Å². The monoisotopic (exact) mass is 369 g/mol. The Morgan fingerprint density at radius 1 is 1.12 bits per heavy atom. The van der Waals surface area contributed by atoms with Crippen LogP contribution in [0.4, 0.5) is 0 Å². The predicted molar refractivity (Wildman–Crippen MR) is 94.9 cm³/mol. The van der Waals surface area contributed by atoms with Crippen LogP contribution in [-0.2, 0) is 19.6 Å². The molecule has 25 heavy (non-hydrogen) atoms. The third-order valence-corrected chi connectivity index (χ3v) is 5.66. The number of carbonyl (C=O) groups excluding carboxylic acids is 1. The lowest BCUT2D eigenvalue weighted by molar-refractivity contribution is -0.161. The zero-order valence-corrected chi connectivity index (χ0v) is 16.1. The number of methoxy groups -OCH3 is 1. The first-order valence-electron chi connectivity index (χ1n) is 8.51. The number of benzene rings is 1. The molecule has 0 aliphatic heterocycles. The second-order valence-corrected chi connectivity index (χ2v) is 9.04. The molecule has 0 radical (unpaired) electrons. The van der Waals surface area contributed by atoms with E-state index in [2.05, 4.69) is 4.72 Å². The fourth-order valence-corrected chi connectivity index (χ4v) is 4.26. The number of hydrogen-bond donors (Lipinski definition) is 1. The maximum atomic E-state index is 12.6. The van der Waals surface area contributed by atoms with Gasteiger partial charge in [-0.15, -0.1) is 0 Å². The van der Waals surface area contributed by atoms with Crippen LogP contribution in [0, 0.1) is 5.92 Å². The van der Waals surface area contributed by atoms with E-state index in [1.807, 2.05) is 20.8 Å². The van der Waals surface area contributed by atoms with Gasteiger partial charge in [-0.05, 0) is 57.9 Å². The summed E-state index contributed by atoms with van der Waals surface area (Å²) in [7, 11) is -2.19. The quantitative estimate of drug-likeness (QED) is 0.807. The Balaban J connectivity index is 2.15. The molecule has 2 rings (SSSR count). The lowest BCUT2D eigenvalue weighted by atomic mass is 9.85. The molecule has 7 heteroatoms. The van der Waals surface area contributed by atoms with Crippen LogP contribution in [0.15, 0.2) is 29.2 Å². The van der Waals surface area contributed by atoms with Crippen molar-refractivity contribution in [2.24, 2.45) is 5.92 Å². The first kappa shape index (κ1) is 19.7. The topological polar surface area (TPSA) is 81.7 Å². The fraction of sp³-hybridized carbons (Fsp3) is 0.611. The van der Waals surface area contributed by atoms with Gasteiger partial charge < -0.3 is 9.47 Å². The Bertz CT molecular complexity index is 691. The summed E-state index contributed by atoms with van der Waals surface area (Å²) in [5.41, 5.74) is -0.589. The van der Waals surface area contributed by atoms with Gasteiger partial charge in [0.1, 0.15) is 11.4 Å². The zero-order valence-electron chi connectivity index (χ0n) is 15.2. The lowest BCUT2D eigenvalue weighted by Crippen LogP contribution is -2.46. The molecule has 1 fully saturated rings. The molecule has 1 aliphatic carbocycles. The van der Waals surface area contributed by atoms with Crippen LogP contribution < -0.4 is 9.46 Å². The molecule has 0 unspecified atom stereocenters. The van der Waals surface area contributed by atoms with Crippen LogP contribution in [0.5, 0.6) is 5.75 Å². The van der Waals surface area contributed by atoms with Crippen molar-refractivity contribution in [2.45, 2.75) is 63.0 Å². The summed E-state index contributed by atoms with van der Waals surface area (Å²) >= 11 is 0. The van der Waals surface area contributed by atoms with Crippen LogP contribution in [-0.4, -0.2) is 33.1 Å². The van der Waals surface area contributed by atoms with Crippen molar-refractivity contribution in [3.8, 4) is 5.75 Å². The van der Waals surface area contributed by atoms with Gasteiger partial charge in [-0.25, -0.2) is 13.1 Å². The molecule has 1 aromatic carbocycles. The summed E-state index contributed by atoms with van der Waals surface area (Å²) in [5.74, 6) is -0.209. The van der Waals surface area contributed by atoms with Crippen LogP contribution >= 0.6 is 0 Å². The SMILES string of the molecule is COc1ccc(S(=O)(=O)N[C@H]2CCCC[C@@H]2C(=O)OC(C)(C)C)cc1. The Kier molecular flexibility index (Phi) is 6.11. The molecule has 0 aromatic heterocycles. The third kappa shape index (κ3) is 5.44. The zero-order chi connectivity index (χ0) is 18.7. The standard InChI is InChI=1S/C18H27NO5S/c1-18(2,3)24-17(20)15-7-5-6-8-16(15)19-25(21,22)14-11-9-13(23-4)10-12-14/h9-12,15-16,19H,5-8H2,1-4H3/t15-,16-/m0/s1. The molecule has 1 aliphatic rings. The summed E-state index contributed by atoms with van der Waals surface area (Å²) in [6, 6.07) is 5.73. The molecular formula is C18H27NO5S. The highest BCUT2D eigenvalue weighted by atomic mass is 32.2. The molecule has 1 aromatic rings. The second kappa shape index (κ2) is 7.74. The highest BCUT2D eigenvalue weighted by molar-refractivity contribution is 7.89. The Labute approximate surface area is 150 Å². The summed E-state index contributed by atoms with van der Waals surface area (Å²) < 4.78 is 38.5. The highest BCUT2D eigenvalue weighted by Crippen LogP contribution is 2.28. The molecule has 0 saturated heterocycles. The van der Waals surface area contributed by atoms with Gasteiger partial charge in [0.25, 0.3) is 0 Å². The predicted octanol–water partition coefficient (Wildman–Crippen LogP) is 2.87. The minimum absolute atomic E-state index is 0.154. The molecule has 1 N–H and O–H groups in total. The molecule has 0 bridgehead atoms. The molecule has 0 heterocycles. The number of nitrogens with one attached hydrogen (secondary N) is 1. The summed E-state index contributed by atoms with van der Waals surface area (Å²) in [6.07, 6.45) is 3.03. The number of carbonyl (C=O) groups is 1. The van der Waals surface area contributed by atoms with Gasteiger partial charge in [0.05, 0.1) is 17.9 Å². The molecule has 0 amide bonds. The van der Waals surface area contributed by atoms with Crippen molar-refractivity contribution in [3.63, 3.8) is 0 Å². The average Bonchev–Trinajstić information content (AvgIpc) is 2.53. The van der Waals surface area contributed by atoms with E-state index in [0.29, 0.717) is 18.6 Å². The van der Waals surface area contributed by atoms with E-state index in [0.717, 1.165) is 12.8 Å².